The second-order valence-corrected chi connectivity index (χ2v) is 3.94. The molecule has 50 valence electrons. The van der Waals surface area contributed by atoms with Crippen molar-refractivity contribution in [1.82, 2.24) is 0 Å². The van der Waals surface area contributed by atoms with E-state index in [0.717, 1.165) is 0 Å². The summed E-state index contributed by atoms with van der Waals surface area (Å²) < 4.78 is 1.28. The van der Waals surface area contributed by atoms with Crippen molar-refractivity contribution in [3.63, 3.8) is 0 Å². The maximum atomic E-state index is 5.18. The molecule has 0 aliphatic carbocycles. The van der Waals surface area contributed by atoms with Crippen LogP contribution in [-0.4, -0.2) is 15.0 Å². The van der Waals surface area contributed by atoms with Crippen LogP contribution in [0.1, 0.15) is 5.56 Å². The third-order valence-electron chi connectivity index (χ3n) is 1.20. The monoisotopic (exact) mass is 196 g/mol. The Balaban J connectivity index is 2.81. The van der Waals surface area contributed by atoms with Gasteiger partial charge in [0.2, 0.25) is 0 Å². The van der Waals surface area contributed by atoms with E-state index in [-0.39, 0.29) is 15.0 Å². The summed E-state index contributed by atoms with van der Waals surface area (Å²) in [5, 5.41) is 0. The number of terminal acetylenes is 1. The van der Waals surface area contributed by atoms with Crippen molar-refractivity contribution >= 4 is 19.4 Å². The summed E-state index contributed by atoms with van der Waals surface area (Å²) in [5.74, 6) is 0. The molecular weight excluding hydrogens is 187 g/mol. The predicted octanol–water partition coefficient (Wildman–Crippen LogP) is 0.915. The Morgan fingerprint density at radius 3 is 2.40 bits per heavy atom. The van der Waals surface area contributed by atoms with Gasteiger partial charge in [0.1, 0.15) is 0 Å². The molecule has 1 heteroatoms. The molecule has 0 bridgehead atoms. The minimum atomic E-state index is 0.230. The second-order valence-electron chi connectivity index (χ2n) is 2.03. The van der Waals surface area contributed by atoms with Gasteiger partial charge in [-0.1, -0.05) is 0 Å². The summed E-state index contributed by atoms with van der Waals surface area (Å²) in [4.78, 5) is 2.67. The summed E-state index contributed by atoms with van der Waals surface area (Å²) in [6.45, 7) is 2.08. The van der Waals surface area contributed by atoms with E-state index in [1.165, 1.54) is 10.0 Å². The Bertz CT molecular complexity index is 240. The van der Waals surface area contributed by atoms with Crippen LogP contribution in [0.4, 0.5) is 0 Å². The zero-order valence-electron chi connectivity index (χ0n) is 5.79. The number of hydrogen-bond donors (Lipinski definition) is 0. The van der Waals surface area contributed by atoms with Crippen LogP contribution < -0.4 is 4.46 Å². The van der Waals surface area contributed by atoms with Gasteiger partial charge in [-0.05, 0) is 0 Å². The van der Waals surface area contributed by atoms with Crippen molar-refractivity contribution in [2.75, 3.05) is 0 Å². The van der Waals surface area contributed by atoms with Gasteiger partial charge in [0, 0.05) is 0 Å². The molecule has 0 spiro atoms. The first-order valence-corrected chi connectivity index (χ1v) is 4.73. The average Bonchev–Trinajstić information content (AvgIpc) is 1.95. The number of hydrogen-bond acceptors (Lipinski definition) is 0. The molecule has 0 heterocycles. The van der Waals surface area contributed by atoms with E-state index < -0.39 is 0 Å². The van der Waals surface area contributed by atoms with E-state index in [0.29, 0.717) is 0 Å². The molecule has 1 aromatic rings. The van der Waals surface area contributed by atoms with Crippen LogP contribution in [0, 0.1) is 18.2 Å². The molecule has 1 rings (SSSR count). The molecule has 10 heavy (non-hydrogen) atoms. The first-order valence-electron chi connectivity index (χ1n) is 3.02. The van der Waals surface area contributed by atoms with Gasteiger partial charge in [-0.25, -0.2) is 0 Å². The quantitative estimate of drug-likeness (QED) is 0.461. The average molecular weight is 195 g/mol. The van der Waals surface area contributed by atoms with E-state index in [4.69, 9.17) is 6.42 Å². The molecule has 0 nitrogen and oxygen atoms in total. The van der Waals surface area contributed by atoms with Gasteiger partial charge in [-0.3, -0.25) is 0 Å². The summed E-state index contributed by atoms with van der Waals surface area (Å²) in [7, 11) is 0. The van der Waals surface area contributed by atoms with Gasteiger partial charge in [0.15, 0.2) is 0 Å². The van der Waals surface area contributed by atoms with Crippen LogP contribution in [0.15, 0.2) is 24.3 Å². The van der Waals surface area contributed by atoms with Gasteiger partial charge in [-0.15, -0.1) is 0 Å². The van der Waals surface area contributed by atoms with E-state index in [2.05, 4.69) is 36.0 Å². The van der Waals surface area contributed by atoms with Crippen LogP contribution in [0.2, 0.25) is 0 Å². The van der Waals surface area contributed by atoms with E-state index in [1.807, 2.05) is 0 Å². The summed E-state index contributed by atoms with van der Waals surface area (Å²) in [6, 6.07) is 8.37. The van der Waals surface area contributed by atoms with Crippen LogP contribution in [0.3, 0.4) is 0 Å². The molecular formula is C9H8Se. The van der Waals surface area contributed by atoms with Crippen LogP contribution in [0.25, 0.3) is 0 Å². The van der Waals surface area contributed by atoms with Gasteiger partial charge >= 0.3 is 67.4 Å². The van der Waals surface area contributed by atoms with E-state index in [1.54, 1.807) is 0 Å². The summed E-state index contributed by atoms with van der Waals surface area (Å²) in [6.07, 6.45) is 5.18. The Kier molecular flexibility index (Phi) is 2.57. The van der Waals surface area contributed by atoms with Gasteiger partial charge in [-0.2, -0.15) is 0 Å². The molecule has 0 saturated heterocycles. The Labute approximate surface area is 67.8 Å². The first-order chi connectivity index (χ1) is 4.83. The van der Waals surface area contributed by atoms with Crippen molar-refractivity contribution in [3.05, 3.63) is 29.8 Å². The van der Waals surface area contributed by atoms with E-state index >= 15 is 0 Å². The van der Waals surface area contributed by atoms with Gasteiger partial charge in [0.05, 0.1) is 0 Å². The zero-order chi connectivity index (χ0) is 7.40. The molecule has 1 aromatic carbocycles. The Hall–Kier alpha value is -0.701. The van der Waals surface area contributed by atoms with Crippen molar-refractivity contribution in [2.45, 2.75) is 6.92 Å². The third-order valence-corrected chi connectivity index (χ3v) is 2.51. The molecule has 0 unspecified atom stereocenters. The molecule has 0 aliphatic heterocycles. The van der Waals surface area contributed by atoms with Gasteiger partial charge < -0.3 is 0 Å². The van der Waals surface area contributed by atoms with Crippen molar-refractivity contribution in [1.29, 1.82) is 0 Å². The fraction of sp³-hybridized carbons (Fsp3) is 0.111. The molecule has 0 radical (unpaired) electrons. The predicted molar refractivity (Wildman–Crippen MR) is 45.4 cm³/mol. The topological polar surface area (TPSA) is 0 Å². The fourth-order valence-corrected chi connectivity index (χ4v) is 1.53. The molecule has 0 aliphatic rings. The van der Waals surface area contributed by atoms with Crippen molar-refractivity contribution < 1.29 is 0 Å². The molecule has 0 amide bonds. The molecule has 0 saturated carbocycles. The van der Waals surface area contributed by atoms with Crippen LogP contribution in [0.5, 0.6) is 0 Å². The number of aryl methyl sites for hydroxylation is 1. The zero-order valence-corrected chi connectivity index (χ0v) is 7.51. The molecule has 0 aromatic heterocycles. The molecule has 0 N–H and O–H groups in total. The molecule has 0 atom stereocenters. The fourth-order valence-electron chi connectivity index (χ4n) is 0.674. The SMILES string of the molecule is C#C[Se]c1ccc(C)cc1. The van der Waals surface area contributed by atoms with Crippen LogP contribution in [-0.2, 0) is 0 Å². The summed E-state index contributed by atoms with van der Waals surface area (Å²) in [5.41, 5.74) is 1.29. The normalized spacial score (nSPS) is 8.80. The minimum absolute atomic E-state index is 0.230. The Morgan fingerprint density at radius 1 is 1.30 bits per heavy atom. The first kappa shape index (κ1) is 7.41. The number of rotatable bonds is 1. The molecule has 0 fully saturated rings. The number of benzene rings is 1. The van der Waals surface area contributed by atoms with Gasteiger partial charge in [0.25, 0.3) is 0 Å². The summed E-state index contributed by atoms with van der Waals surface area (Å²) >= 11 is 0.230. The third kappa shape index (κ3) is 1.91. The maximum absolute atomic E-state index is 5.18. The standard InChI is InChI=1S/C9H8Se/c1-3-10-9-6-4-8(2)5-7-9/h1,4-7H,2H3. The van der Waals surface area contributed by atoms with Crippen molar-refractivity contribution in [3.8, 4) is 11.2 Å². The van der Waals surface area contributed by atoms with Crippen molar-refractivity contribution in [2.24, 2.45) is 0 Å². The van der Waals surface area contributed by atoms with Crippen LogP contribution >= 0.6 is 0 Å². The second kappa shape index (κ2) is 3.46. The van der Waals surface area contributed by atoms with E-state index in [9.17, 15) is 0 Å². The Morgan fingerprint density at radius 2 is 1.90 bits per heavy atom.